The summed E-state index contributed by atoms with van der Waals surface area (Å²) in [7, 11) is -0.549. The zero-order chi connectivity index (χ0) is 11.6. The molecule has 0 heterocycles. The van der Waals surface area contributed by atoms with Crippen molar-refractivity contribution in [2.24, 2.45) is 11.3 Å². The third-order valence-corrected chi connectivity index (χ3v) is 4.04. The van der Waals surface area contributed by atoms with Gasteiger partial charge in [-0.05, 0) is 13.8 Å². The van der Waals surface area contributed by atoms with Gasteiger partial charge in [0.05, 0.1) is 11.2 Å². The van der Waals surface area contributed by atoms with E-state index in [9.17, 15) is 13.2 Å². The fourth-order valence-corrected chi connectivity index (χ4v) is 2.15. The minimum absolute atomic E-state index is 0.268. The molecule has 0 fully saturated rings. The van der Waals surface area contributed by atoms with Crippen molar-refractivity contribution >= 4 is 15.9 Å². The third kappa shape index (κ3) is 3.24. The van der Waals surface area contributed by atoms with Gasteiger partial charge in [0.2, 0.25) is 15.9 Å². The van der Waals surface area contributed by atoms with Crippen molar-refractivity contribution in [2.45, 2.75) is 13.8 Å². The highest BCUT2D eigenvalue weighted by molar-refractivity contribution is 7.89. The largest absolute Gasteiger partial charge is 0.294 e. The Morgan fingerprint density at radius 2 is 1.86 bits per heavy atom. The van der Waals surface area contributed by atoms with Crippen LogP contribution in [0.25, 0.3) is 0 Å². The second kappa shape index (κ2) is 4.24. The zero-order valence-electron chi connectivity index (χ0n) is 8.86. The lowest BCUT2D eigenvalue weighted by atomic mass is 9.96. The summed E-state index contributed by atoms with van der Waals surface area (Å²) in [6.45, 7) is 3.05. The van der Waals surface area contributed by atoms with E-state index in [4.69, 9.17) is 5.84 Å². The Balaban J connectivity index is 4.76. The second-order valence-electron chi connectivity index (χ2n) is 3.90. The normalized spacial score (nSPS) is 13.0. The van der Waals surface area contributed by atoms with Crippen LogP contribution in [0, 0.1) is 5.41 Å². The van der Waals surface area contributed by atoms with Crippen LogP contribution in [0.3, 0.4) is 0 Å². The van der Waals surface area contributed by atoms with Crippen LogP contribution in [0.4, 0.5) is 0 Å². The molecular formula is C7H17N3O3S. The molecular weight excluding hydrogens is 206 g/mol. The summed E-state index contributed by atoms with van der Waals surface area (Å²) in [6.07, 6.45) is 0. The molecule has 0 aromatic carbocycles. The van der Waals surface area contributed by atoms with Crippen LogP contribution in [-0.4, -0.2) is 38.5 Å². The molecule has 0 aliphatic rings. The number of carbonyl (C=O) groups is 1. The summed E-state index contributed by atoms with van der Waals surface area (Å²) >= 11 is 0. The Morgan fingerprint density at radius 1 is 1.43 bits per heavy atom. The Labute approximate surface area is 84.5 Å². The first-order valence-electron chi connectivity index (χ1n) is 4.05. The van der Waals surface area contributed by atoms with Crippen LogP contribution >= 0.6 is 0 Å². The molecule has 1 amide bonds. The van der Waals surface area contributed by atoms with Gasteiger partial charge in [-0.25, -0.2) is 18.6 Å². The maximum absolute atomic E-state index is 11.5. The van der Waals surface area contributed by atoms with Crippen LogP contribution in [0.2, 0.25) is 0 Å². The number of hydrogen-bond donors (Lipinski definition) is 2. The lowest BCUT2D eigenvalue weighted by Gasteiger charge is -2.23. The molecule has 0 aliphatic heterocycles. The van der Waals surface area contributed by atoms with Gasteiger partial charge in [0.1, 0.15) is 0 Å². The molecule has 0 aromatic rings. The summed E-state index contributed by atoms with van der Waals surface area (Å²) < 4.78 is 24.0. The number of rotatable bonds is 4. The van der Waals surface area contributed by atoms with Gasteiger partial charge in [0.15, 0.2) is 0 Å². The highest BCUT2D eigenvalue weighted by atomic mass is 32.2. The number of nitrogens with one attached hydrogen (secondary N) is 1. The van der Waals surface area contributed by atoms with Crippen molar-refractivity contribution in [3.63, 3.8) is 0 Å². The molecule has 7 heteroatoms. The Hall–Kier alpha value is -0.660. The van der Waals surface area contributed by atoms with E-state index in [2.05, 4.69) is 0 Å². The molecule has 3 N–H and O–H groups in total. The summed E-state index contributed by atoms with van der Waals surface area (Å²) in [4.78, 5) is 11.2. The summed E-state index contributed by atoms with van der Waals surface area (Å²) in [5, 5.41) is 0. The summed E-state index contributed by atoms with van der Waals surface area (Å²) in [5.41, 5.74) is 0.915. The number of amides is 1. The molecule has 0 saturated heterocycles. The van der Waals surface area contributed by atoms with Gasteiger partial charge in [0.25, 0.3) is 0 Å². The van der Waals surface area contributed by atoms with Crippen molar-refractivity contribution < 1.29 is 13.2 Å². The fourth-order valence-electron chi connectivity index (χ4n) is 0.846. The lowest BCUT2D eigenvalue weighted by molar-refractivity contribution is -0.128. The van der Waals surface area contributed by atoms with E-state index in [0.717, 1.165) is 4.31 Å². The number of sulfonamides is 1. The maximum atomic E-state index is 11.5. The van der Waals surface area contributed by atoms with Crippen molar-refractivity contribution in [3.05, 3.63) is 0 Å². The van der Waals surface area contributed by atoms with E-state index in [1.807, 2.05) is 5.43 Å². The highest BCUT2D eigenvalue weighted by Crippen LogP contribution is 2.18. The molecule has 0 rings (SSSR count). The fraction of sp³-hybridized carbons (Fsp3) is 0.857. The first-order chi connectivity index (χ1) is 6.13. The lowest BCUT2D eigenvalue weighted by Crippen LogP contribution is -2.46. The van der Waals surface area contributed by atoms with Crippen LogP contribution < -0.4 is 11.3 Å². The molecule has 0 spiro atoms. The molecule has 84 valence electrons. The molecule has 6 nitrogen and oxygen atoms in total. The molecule has 0 atom stereocenters. The average Bonchev–Trinajstić information content (AvgIpc) is 2.00. The van der Waals surface area contributed by atoms with E-state index in [0.29, 0.717) is 0 Å². The van der Waals surface area contributed by atoms with Gasteiger partial charge in [-0.2, -0.15) is 0 Å². The van der Waals surface area contributed by atoms with E-state index in [1.165, 1.54) is 27.9 Å². The van der Waals surface area contributed by atoms with Gasteiger partial charge >= 0.3 is 0 Å². The summed E-state index contributed by atoms with van der Waals surface area (Å²) in [6, 6.07) is 0. The molecule has 0 radical (unpaired) electrons. The second-order valence-corrected chi connectivity index (χ2v) is 6.08. The average molecular weight is 223 g/mol. The van der Waals surface area contributed by atoms with Crippen LogP contribution in [0.1, 0.15) is 13.8 Å². The number of hydrazine groups is 1. The number of carbonyl (C=O) groups excluding carboxylic acids is 1. The van der Waals surface area contributed by atoms with E-state index in [1.54, 1.807) is 0 Å². The Kier molecular flexibility index (Phi) is 4.04. The van der Waals surface area contributed by atoms with Crippen LogP contribution in [0.5, 0.6) is 0 Å². The van der Waals surface area contributed by atoms with Gasteiger partial charge < -0.3 is 0 Å². The minimum atomic E-state index is -3.39. The smallest absolute Gasteiger partial charge is 0.240 e. The van der Waals surface area contributed by atoms with Crippen LogP contribution in [-0.2, 0) is 14.8 Å². The molecule has 0 saturated carbocycles. The number of hydrogen-bond acceptors (Lipinski definition) is 4. The monoisotopic (exact) mass is 223 g/mol. The highest BCUT2D eigenvalue weighted by Gasteiger charge is 2.33. The standard InChI is InChI=1S/C7H17N3O3S/c1-7(2,6(11)9-8)5-14(12,13)10(3)4/h5,8H2,1-4H3,(H,9,11). The van der Waals surface area contributed by atoms with Crippen LogP contribution in [0.15, 0.2) is 0 Å². The summed E-state index contributed by atoms with van der Waals surface area (Å²) in [5.74, 6) is 4.18. The van der Waals surface area contributed by atoms with Gasteiger partial charge in [-0.1, -0.05) is 0 Å². The van der Waals surface area contributed by atoms with Crippen molar-refractivity contribution in [3.8, 4) is 0 Å². The minimum Gasteiger partial charge on any atom is -0.294 e. The third-order valence-electron chi connectivity index (χ3n) is 1.85. The van der Waals surface area contributed by atoms with Crippen molar-refractivity contribution in [2.75, 3.05) is 19.8 Å². The van der Waals surface area contributed by atoms with Crippen molar-refractivity contribution in [1.82, 2.24) is 9.73 Å². The topological polar surface area (TPSA) is 92.5 Å². The quantitative estimate of drug-likeness (QED) is 0.359. The number of nitrogens with two attached hydrogens (primary N) is 1. The van der Waals surface area contributed by atoms with Gasteiger partial charge in [-0.15, -0.1) is 0 Å². The molecule has 0 unspecified atom stereocenters. The predicted molar refractivity (Wildman–Crippen MR) is 53.6 cm³/mol. The van der Waals surface area contributed by atoms with Gasteiger partial charge in [-0.3, -0.25) is 10.2 Å². The molecule has 14 heavy (non-hydrogen) atoms. The van der Waals surface area contributed by atoms with Crippen molar-refractivity contribution in [1.29, 1.82) is 0 Å². The number of nitrogens with zero attached hydrogens (tertiary/aromatic N) is 1. The zero-order valence-corrected chi connectivity index (χ0v) is 9.68. The van der Waals surface area contributed by atoms with Gasteiger partial charge in [0, 0.05) is 14.1 Å². The first-order valence-corrected chi connectivity index (χ1v) is 5.65. The first kappa shape index (κ1) is 13.3. The Morgan fingerprint density at radius 3 is 2.14 bits per heavy atom. The van der Waals surface area contributed by atoms with E-state index >= 15 is 0 Å². The molecule has 0 aromatic heterocycles. The maximum Gasteiger partial charge on any atom is 0.240 e. The molecule has 0 bridgehead atoms. The Bertz CT molecular complexity index is 308. The SMILES string of the molecule is CN(C)S(=O)(=O)CC(C)(C)C(=O)NN. The van der Waals surface area contributed by atoms with E-state index < -0.39 is 21.3 Å². The van der Waals surface area contributed by atoms with E-state index in [-0.39, 0.29) is 5.75 Å². The predicted octanol–water partition coefficient (Wildman–Crippen LogP) is -1.11. The molecule has 0 aliphatic carbocycles.